The van der Waals surface area contributed by atoms with Crippen molar-refractivity contribution >= 4 is 5.69 Å². The van der Waals surface area contributed by atoms with E-state index in [0.717, 1.165) is 26.2 Å². The number of anilines is 1. The van der Waals surface area contributed by atoms with Crippen LogP contribution in [0.2, 0.25) is 0 Å². The number of hydrogen-bond acceptors (Lipinski definition) is 4. The van der Waals surface area contributed by atoms with Crippen LogP contribution < -0.4 is 4.90 Å². The van der Waals surface area contributed by atoms with Crippen molar-refractivity contribution in [2.24, 2.45) is 0 Å². The number of nitrogens with zero attached hydrogens (tertiary/aromatic N) is 2. The Balaban J connectivity index is 1.71. The summed E-state index contributed by atoms with van der Waals surface area (Å²) in [4.78, 5) is 4.71. The molecule has 1 aromatic carbocycles. The lowest BCUT2D eigenvalue weighted by Gasteiger charge is -2.36. The molecular weight excluding hydrogens is 252 g/mol. The second kappa shape index (κ2) is 7.62. The minimum Gasteiger partial charge on any atom is -0.389 e. The number of aliphatic hydroxyl groups excluding tert-OH is 1. The zero-order chi connectivity index (χ0) is 14.4. The molecule has 112 valence electrons. The first-order chi connectivity index (χ1) is 9.65. The van der Waals surface area contributed by atoms with Crippen molar-refractivity contribution in [3.63, 3.8) is 0 Å². The predicted octanol–water partition coefficient (Wildman–Crippen LogP) is 1.59. The van der Waals surface area contributed by atoms with E-state index in [1.807, 2.05) is 19.9 Å². The lowest BCUT2D eigenvalue weighted by Crippen LogP contribution is -2.49. The van der Waals surface area contributed by atoms with Crippen molar-refractivity contribution in [1.29, 1.82) is 0 Å². The average Bonchev–Trinajstić information content (AvgIpc) is 2.47. The fraction of sp³-hybridized carbons (Fsp3) is 0.625. The minimum atomic E-state index is -0.388. The fourth-order valence-electron chi connectivity index (χ4n) is 2.48. The third kappa shape index (κ3) is 4.78. The quantitative estimate of drug-likeness (QED) is 0.857. The third-order valence-corrected chi connectivity index (χ3v) is 3.58. The van der Waals surface area contributed by atoms with Gasteiger partial charge < -0.3 is 14.7 Å². The van der Waals surface area contributed by atoms with Gasteiger partial charge in [-0.2, -0.15) is 0 Å². The fourth-order valence-corrected chi connectivity index (χ4v) is 2.48. The first-order valence-corrected chi connectivity index (χ1v) is 7.47. The summed E-state index contributed by atoms with van der Waals surface area (Å²) >= 11 is 0. The summed E-state index contributed by atoms with van der Waals surface area (Å²) in [5.74, 6) is 0. The van der Waals surface area contributed by atoms with Crippen LogP contribution in [-0.4, -0.2) is 61.5 Å². The topological polar surface area (TPSA) is 35.9 Å². The van der Waals surface area contributed by atoms with Gasteiger partial charge in [-0.05, 0) is 26.0 Å². The zero-order valence-electron chi connectivity index (χ0n) is 12.5. The van der Waals surface area contributed by atoms with Gasteiger partial charge in [-0.25, -0.2) is 0 Å². The number of rotatable bonds is 6. The molecule has 0 aromatic heterocycles. The summed E-state index contributed by atoms with van der Waals surface area (Å²) < 4.78 is 5.45. The molecule has 0 spiro atoms. The van der Waals surface area contributed by atoms with Crippen LogP contribution in [0.15, 0.2) is 30.3 Å². The van der Waals surface area contributed by atoms with Gasteiger partial charge in [0.05, 0.1) is 18.8 Å². The number of benzene rings is 1. The van der Waals surface area contributed by atoms with Gasteiger partial charge in [-0.1, -0.05) is 18.2 Å². The van der Waals surface area contributed by atoms with E-state index in [1.54, 1.807) is 0 Å². The Kier molecular flexibility index (Phi) is 5.83. The number of ether oxygens (including phenoxy) is 1. The standard InChI is InChI=1S/C16H26N2O2/c1-14(2)20-13-16(19)12-17-8-10-18(11-9-17)15-6-4-3-5-7-15/h3-7,14,16,19H,8-13H2,1-2H3/t16-/m1/s1. The molecule has 1 N–H and O–H groups in total. The van der Waals surface area contributed by atoms with Crippen LogP contribution in [0.4, 0.5) is 5.69 Å². The van der Waals surface area contributed by atoms with Gasteiger partial charge >= 0.3 is 0 Å². The van der Waals surface area contributed by atoms with Crippen molar-refractivity contribution < 1.29 is 9.84 Å². The third-order valence-electron chi connectivity index (χ3n) is 3.58. The number of hydrogen-bond donors (Lipinski definition) is 1. The molecule has 2 rings (SSSR count). The Bertz CT molecular complexity index is 375. The molecule has 1 aliphatic rings. The van der Waals surface area contributed by atoms with E-state index >= 15 is 0 Å². The minimum absolute atomic E-state index is 0.180. The Hall–Kier alpha value is -1.10. The number of β-amino-alcohol motifs (C(OH)–C–C–N with tert-alkyl or cyclic N) is 1. The van der Waals surface area contributed by atoms with Gasteiger partial charge in [0.1, 0.15) is 0 Å². The molecule has 4 heteroatoms. The summed E-state index contributed by atoms with van der Waals surface area (Å²) in [6, 6.07) is 10.5. The SMILES string of the molecule is CC(C)OC[C@H](O)CN1CCN(c2ccccc2)CC1. The molecule has 1 aromatic rings. The Labute approximate surface area is 122 Å². The molecule has 1 fully saturated rings. The molecule has 1 aliphatic heterocycles. The molecule has 0 saturated carbocycles. The van der Waals surface area contributed by atoms with Crippen molar-refractivity contribution in [2.45, 2.75) is 26.1 Å². The molecule has 0 aliphatic carbocycles. The highest BCUT2D eigenvalue weighted by molar-refractivity contribution is 5.46. The molecule has 20 heavy (non-hydrogen) atoms. The van der Waals surface area contributed by atoms with Crippen molar-refractivity contribution in [1.82, 2.24) is 4.90 Å². The number of para-hydroxylation sites is 1. The molecule has 1 atom stereocenters. The van der Waals surface area contributed by atoms with Crippen molar-refractivity contribution in [3.05, 3.63) is 30.3 Å². The molecule has 0 bridgehead atoms. The van der Waals surface area contributed by atoms with Crippen LogP contribution in [0.25, 0.3) is 0 Å². The Morgan fingerprint density at radius 1 is 1.10 bits per heavy atom. The van der Waals surface area contributed by atoms with Gasteiger partial charge in [-0.15, -0.1) is 0 Å². The van der Waals surface area contributed by atoms with Crippen LogP contribution >= 0.6 is 0 Å². The normalized spacial score (nSPS) is 18.5. The van der Waals surface area contributed by atoms with E-state index in [1.165, 1.54) is 5.69 Å². The smallest absolute Gasteiger partial charge is 0.0900 e. The van der Waals surface area contributed by atoms with Crippen LogP contribution in [0.1, 0.15) is 13.8 Å². The first kappa shape index (κ1) is 15.3. The highest BCUT2D eigenvalue weighted by Gasteiger charge is 2.19. The van der Waals surface area contributed by atoms with E-state index in [0.29, 0.717) is 13.2 Å². The van der Waals surface area contributed by atoms with Gasteiger partial charge in [0.15, 0.2) is 0 Å². The maximum absolute atomic E-state index is 9.95. The molecule has 4 nitrogen and oxygen atoms in total. The van der Waals surface area contributed by atoms with E-state index in [2.05, 4.69) is 34.1 Å². The number of piperazine rings is 1. The van der Waals surface area contributed by atoms with E-state index in [4.69, 9.17) is 4.74 Å². The van der Waals surface area contributed by atoms with E-state index in [9.17, 15) is 5.11 Å². The molecule has 1 saturated heterocycles. The van der Waals surface area contributed by atoms with Crippen LogP contribution in [0, 0.1) is 0 Å². The molecular formula is C16H26N2O2. The summed E-state index contributed by atoms with van der Waals surface area (Å²) in [5.41, 5.74) is 1.29. The van der Waals surface area contributed by atoms with Gasteiger partial charge in [0.2, 0.25) is 0 Å². The second-order valence-corrected chi connectivity index (χ2v) is 5.66. The lowest BCUT2D eigenvalue weighted by molar-refractivity contribution is -0.00899. The van der Waals surface area contributed by atoms with Crippen molar-refractivity contribution in [3.8, 4) is 0 Å². The average molecular weight is 278 g/mol. The summed E-state index contributed by atoms with van der Waals surface area (Å²) in [6.07, 6.45) is -0.208. The first-order valence-electron chi connectivity index (χ1n) is 7.47. The summed E-state index contributed by atoms with van der Waals surface area (Å²) in [5, 5.41) is 9.95. The largest absolute Gasteiger partial charge is 0.389 e. The summed E-state index contributed by atoms with van der Waals surface area (Å²) in [7, 11) is 0. The second-order valence-electron chi connectivity index (χ2n) is 5.66. The number of aliphatic hydroxyl groups is 1. The molecule has 0 radical (unpaired) electrons. The van der Waals surface area contributed by atoms with E-state index in [-0.39, 0.29) is 12.2 Å². The molecule has 1 heterocycles. The monoisotopic (exact) mass is 278 g/mol. The van der Waals surface area contributed by atoms with Crippen molar-refractivity contribution in [2.75, 3.05) is 44.2 Å². The van der Waals surface area contributed by atoms with E-state index < -0.39 is 0 Å². The van der Waals surface area contributed by atoms with Crippen LogP contribution in [0.5, 0.6) is 0 Å². The maximum atomic E-state index is 9.95. The maximum Gasteiger partial charge on any atom is 0.0900 e. The van der Waals surface area contributed by atoms with Gasteiger partial charge in [0, 0.05) is 38.4 Å². The Morgan fingerprint density at radius 2 is 1.75 bits per heavy atom. The van der Waals surface area contributed by atoms with Gasteiger partial charge in [-0.3, -0.25) is 4.90 Å². The highest BCUT2D eigenvalue weighted by Crippen LogP contribution is 2.15. The molecule has 0 unspecified atom stereocenters. The Morgan fingerprint density at radius 3 is 2.35 bits per heavy atom. The van der Waals surface area contributed by atoms with Crippen LogP contribution in [-0.2, 0) is 4.74 Å². The lowest BCUT2D eigenvalue weighted by atomic mass is 10.2. The summed E-state index contributed by atoms with van der Waals surface area (Å²) in [6.45, 7) is 9.13. The highest BCUT2D eigenvalue weighted by atomic mass is 16.5. The zero-order valence-corrected chi connectivity index (χ0v) is 12.5. The van der Waals surface area contributed by atoms with Gasteiger partial charge in [0.25, 0.3) is 0 Å². The van der Waals surface area contributed by atoms with Crippen LogP contribution in [0.3, 0.4) is 0 Å². The molecule has 0 amide bonds. The predicted molar refractivity (Wildman–Crippen MR) is 82.2 cm³/mol.